The second kappa shape index (κ2) is 7.44. The normalized spacial score (nSPS) is 16.2. The number of carbonyl (C=O) groups is 1. The third-order valence-corrected chi connectivity index (χ3v) is 6.23. The molecular formula is C23H20N4OS. The fraction of sp³-hybridized carbons (Fsp3) is 0.217. The average Bonchev–Trinajstić information content (AvgIpc) is 3.14. The number of rotatable bonds is 4. The molecular weight excluding hydrogens is 380 g/mol. The molecule has 0 aliphatic heterocycles. The molecule has 0 radical (unpaired) electrons. The van der Waals surface area contributed by atoms with Crippen LogP contribution in [0.15, 0.2) is 66.0 Å². The Labute approximate surface area is 173 Å². The maximum Gasteiger partial charge on any atom is 0.253 e. The van der Waals surface area contributed by atoms with E-state index in [2.05, 4.69) is 58.4 Å². The van der Waals surface area contributed by atoms with Crippen LogP contribution in [0.5, 0.6) is 0 Å². The molecule has 4 aromatic rings. The summed E-state index contributed by atoms with van der Waals surface area (Å²) >= 11 is 1.58. The smallest absolute Gasteiger partial charge is 0.253 e. The van der Waals surface area contributed by atoms with Crippen molar-refractivity contribution in [2.75, 3.05) is 0 Å². The molecule has 0 amide bonds. The fourth-order valence-corrected chi connectivity index (χ4v) is 4.50. The van der Waals surface area contributed by atoms with E-state index >= 15 is 0 Å². The molecule has 0 spiro atoms. The quantitative estimate of drug-likeness (QED) is 0.467. The molecule has 0 saturated heterocycles. The summed E-state index contributed by atoms with van der Waals surface area (Å²) in [5, 5.41) is 5.19. The largest absolute Gasteiger partial charge is 0.294 e. The van der Waals surface area contributed by atoms with Crippen LogP contribution in [0.3, 0.4) is 0 Å². The van der Waals surface area contributed by atoms with E-state index in [0.717, 1.165) is 17.9 Å². The minimum absolute atomic E-state index is 0.124. The summed E-state index contributed by atoms with van der Waals surface area (Å²) in [6.07, 6.45) is 3.05. The number of Topliss-reactive ketones (excluding diaryl/α,β-unsaturated/α-hetero) is 1. The van der Waals surface area contributed by atoms with Crippen molar-refractivity contribution in [3.63, 3.8) is 0 Å². The highest BCUT2D eigenvalue weighted by molar-refractivity contribution is 7.98. The van der Waals surface area contributed by atoms with E-state index in [1.54, 1.807) is 22.5 Å². The summed E-state index contributed by atoms with van der Waals surface area (Å²) in [6, 6.07) is 18.7. The molecule has 2 aromatic heterocycles. The number of nitrogens with zero attached hydrogens (tertiary/aromatic N) is 4. The Balaban J connectivity index is 1.40. The van der Waals surface area contributed by atoms with E-state index in [1.165, 1.54) is 16.7 Å². The number of aryl methyl sites for hydroxylation is 1. The maximum absolute atomic E-state index is 12.8. The third kappa shape index (κ3) is 3.68. The molecule has 2 aromatic carbocycles. The Bertz CT molecular complexity index is 1180. The number of fused-ring (bicyclic) bond motifs is 2. The van der Waals surface area contributed by atoms with Gasteiger partial charge in [0.25, 0.3) is 5.78 Å². The topological polar surface area (TPSA) is 60.1 Å². The van der Waals surface area contributed by atoms with Gasteiger partial charge in [0.2, 0.25) is 5.16 Å². The summed E-state index contributed by atoms with van der Waals surface area (Å²) in [6.45, 7) is 2.08. The number of benzene rings is 2. The van der Waals surface area contributed by atoms with Gasteiger partial charge in [-0.1, -0.05) is 71.9 Å². The molecule has 0 N–H and O–H groups in total. The van der Waals surface area contributed by atoms with Gasteiger partial charge < -0.3 is 0 Å². The molecule has 5 rings (SSSR count). The minimum Gasteiger partial charge on any atom is -0.294 e. The monoisotopic (exact) mass is 400 g/mol. The van der Waals surface area contributed by atoms with Crippen molar-refractivity contribution in [3.05, 3.63) is 88.7 Å². The number of ketones is 1. The fourth-order valence-electron chi connectivity index (χ4n) is 3.72. The van der Waals surface area contributed by atoms with Crippen LogP contribution in [0.1, 0.15) is 45.1 Å². The van der Waals surface area contributed by atoms with Gasteiger partial charge in [0.05, 0.1) is 11.3 Å². The van der Waals surface area contributed by atoms with Crippen molar-refractivity contribution in [2.24, 2.45) is 0 Å². The Morgan fingerprint density at radius 2 is 1.83 bits per heavy atom. The summed E-state index contributed by atoms with van der Waals surface area (Å²) in [5.41, 5.74) is 5.16. The van der Waals surface area contributed by atoms with Crippen LogP contribution < -0.4 is 0 Å². The van der Waals surface area contributed by atoms with Crippen LogP contribution >= 0.6 is 11.8 Å². The van der Waals surface area contributed by atoms with E-state index in [1.807, 2.05) is 18.2 Å². The number of thioether (sulfide) groups is 1. The van der Waals surface area contributed by atoms with Gasteiger partial charge in [-0.25, -0.2) is 9.50 Å². The maximum atomic E-state index is 12.8. The van der Waals surface area contributed by atoms with E-state index in [-0.39, 0.29) is 11.7 Å². The Hall–Kier alpha value is -2.99. The summed E-state index contributed by atoms with van der Waals surface area (Å²) in [5.74, 6) is 1.64. The molecule has 144 valence electrons. The SMILES string of the molecule is Cc1ccc(CSc2nc3nc4c(cn3n2)C(=O)C[C@@H](c2ccccc2)C4)cc1. The molecule has 1 aliphatic rings. The number of hydrogen-bond donors (Lipinski definition) is 0. The molecule has 0 fully saturated rings. The van der Waals surface area contributed by atoms with Gasteiger partial charge in [-0.15, -0.1) is 5.10 Å². The van der Waals surface area contributed by atoms with Crippen molar-refractivity contribution in [2.45, 2.75) is 36.6 Å². The zero-order valence-electron chi connectivity index (χ0n) is 16.1. The second-order valence-electron chi connectivity index (χ2n) is 7.45. The highest BCUT2D eigenvalue weighted by atomic mass is 32.2. The molecule has 29 heavy (non-hydrogen) atoms. The van der Waals surface area contributed by atoms with Crippen LogP contribution in [0.25, 0.3) is 5.78 Å². The zero-order chi connectivity index (χ0) is 19.8. The first-order valence-corrected chi connectivity index (χ1v) is 10.7. The lowest BCUT2D eigenvalue weighted by atomic mass is 9.82. The first-order chi connectivity index (χ1) is 14.2. The summed E-state index contributed by atoms with van der Waals surface area (Å²) in [7, 11) is 0. The predicted octanol–water partition coefficient (Wildman–Crippen LogP) is 4.64. The zero-order valence-corrected chi connectivity index (χ0v) is 16.9. The van der Waals surface area contributed by atoms with Gasteiger partial charge in [-0.3, -0.25) is 4.79 Å². The molecule has 1 aliphatic carbocycles. The molecule has 5 nitrogen and oxygen atoms in total. The lowest BCUT2D eigenvalue weighted by Gasteiger charge is -2.22. The van der Waals surface area contributed by atoms with Crippen LogP contribution in [-0.2, 0) is 12.2 Å². The average molecular weight is 401 g/mol. The van der Waals surface area contributed by atoms with Crippen LogP contribution in [0.4, 0.5) is 0 Å². The van der Waals surface area contributed by atoms with Crippen LogP contribution in [0.2, 0.25) is 0 Å². The predicted molar refractivity (Wildman–Crippen MR) is 113 cm³/mol. The standard InChI is InChI=1S/C23H20N4OS/c1-15-7-9-16(10-8-15)14-29-23-25-22-24-20-11-18(17-5-3-2-4-6-17)12-21(28)19(20)13-27(22)26-23/h2-10,13,18H,11-12,14H2,1H3/t18-/m0/s1. The minimum atomic E-state index is 0.124. The van der Waals surface area contributed by atoms with Crippen molar-refractivity contribution < 1.29 is 4.79 Å². The van der Waals surface area contributed by atoms with Crippen molar-refractivity contribution in [1.82, 2.24) is 19.6 Å². The Kier molecular flexibility index (Phi) is 4.64. The molecule has 0 unspecified atom stereocenters. The van der Waals surface area contributed by atoms with Crippen molar-refractivity contribution in [3.8, 4) is 0 Å². The van der Waals surface area contributed by atoms with E-state index in [9.17, 15) is 4.79 Å². The van der Waals surface area contributed by atoms with Crippen LogP contribution in [-0.4, -0.2) is 25.4 Å². The van der Waals surface area contributed by atoms with Crippen molar-refractivity contribution >= 4 is 23.3 Å². The Morgan fingerprint density at radius 3 is 2.62 bits per heavy atom. The lowest BCUT2D eigenvalue weighted by molar-refractivity contribution is 0.0962. The first-order valence-electron chi connectivity index (χ1n) is 9.68. The highest BCUT2D eigenvalue weighted by Gasteiger charge is 2.28. The third-order valence-electron chi connectivity index (χ3n) is 5.32. The van der Waals surface area contributed by atoms with Gasteiger partial charge in [0, 0.05) is 18.4 Å². The lowest BCUT2D eigenvalue weighted by Crippen LogP contribution is -2.21. The molecule has 1 atom stereocenters. The van der Waals surface area contributed by atoms with Crippen LogP contribution in [0, 0.1) is 6.92 Å². The van der Waals surface area contributed by atoms with E-state index in [4.69, 9.17) is 0 Å². The summed E-state index contributed by atoms with van der Waals surface area (Å²) < 4.78 is 1.64. The molecule has 2 heterocycles. The van der Waals surface area contributed by atoms with Gasteiger partial charge in [-0.2, -0.15) is 4.98 Å². The first kappa shape index (κ1) is 18.1. The number of hydrogen-bond acceptors (Lipinski definition) is 5. The molecule has 6 heteroatoms. The number of carbonyl (C=O) groups excluding carboxylic acids is 1. The van der Waals surface area contributed by atoms with Gasteiger partial charge in [0.1, 0.15) is 0 Å². The summed E-state index contributed by atoms with van der Waals surface area (Å²) in [4.78, 5) is 22.0. The van der Waals surface area contributed by atoms with Gasteiger partial charge in [0.15, 0.2) is 5.78 Å². The molecule has 0 saturated carbocycles. The highest BCUT2D eigenvalue weighted by Crippen LogP contribution is 2.32. The molecule has 0 bridgehead atoms. The number of aromatic nitrogens is 4. The van der Waals surface area contributed by atoms with E-state index < -0.39 is 0 Å². The Morgan fingerprint density at radius 1 is 1.03 bits per heavy atom. The van der Waals surface area contributed by atoms with Crippen molar-refractivity contribution in [1.29, 1.82) is 0 Å². The van der Waals surface area contributed by atoms with Gasteiger partial charge >= 0.3 is 0 Å². The van der Waals surface area contributed by atoms with Gasteiger partial charge in [-0.05, 0) is 30.4 Å². The second-order valence-corrected chi connectivity index (χ2v) is 8.40. The van der Waals surface area contributed by atoms with E-state index in [0.29, 0.717) is 22.9 Å².